The quantitative estimate of drug-likeness (QED) is 0.214. The molecule has 3 aromatic carbocycles. The number of ether oxygens (including phenoxy) is 2. The first kappa shape index (κ1) is 24.9. The highest BCUT2D eigenvalue weighted by Crippen LogP contribution is 2.35. The van der Waals surface area contributed by atoms with E-state index in [0.717, 1.165) is 24.1 Å². The number of carbonyl (C=O) groups is 3. The van der Waals surface area contributed by atoms with Gasteiger partial charge in [0, 0.05) is 4.47 Å². The van der Waals surface area contributed by atoms with Gasteiger partial charge < -0.3 is 9.47 Å². The van der Waals surface area contributed by atoms with Gasteiger partial charge in [-0.15, -0.1) is 0 Å². The van der Waals surface area contributed by atoms with Crippen molar-refractivity contribution in [1.29, 1.82) is 0 Å². The van der Waals surface area contributed by atoms with Crippen LogP contribution in [0.2, 0.25) is 0 Å². The van der Waals surface area contributed by atoms with E-state index in [0.29, 0.717) is 29.4 Å². The number of barbiturate groups is 1. The SMILES string of the molecule is COc1cc(/C=C2\C(=O)NC(=O)N(c3ccc(Br)c(C)c3)C2=O)cc(I)c1OCc1ccccc1. The molecule has 0 radical (unpaired) electrons. The molecule has 4 rings (SSSR count). The number of benzene rings is 3. The van der Waals surface area contributed by atoms with Crippen LogP contribution in [0.15, 0.2) is 70.7 Å². The highest BCUT2D eigenvalue weighted by molar-refractivity contribution is 14.1. The molecular weight excluding hydrogens is 627 g/mol. The normalized spacial score (nSPS) is 14.8. The maximum absolute atomic E-state index is 13.2. The number of amides is 4. The second-order valence-electron chi connectivity index (χ2n) is 7.70. The Morgan fingerprint density at radius 2 is 1.80 bits per heavy atom. The van der Waals surface area contributed by atoms with E-state index in [1.54, 1.807) is 30.3 Å². The molecule has 0 aliphatic carbocycles. The predicted octanol–water partition coefficient (Wildman–Crippen LogP) is 5.62. The first-order chi connectivity index (χ1) is 16.8. The Bertz CT molecular complexity index is 1360. The molecule has 1 aliphatic heterocycles. The Balaban J connectivity index is 1.65. The zero-order valence-corrected chi connectivity index (χ0v) is 22.5. The van der Waals surface area contributed by atoms with Crippen molar-refractivity contribution < 1.29 is 23.9 Å². The molecule has 1 N–H and O–H groups in total. The van der Waals surface area contributed by atoms with Gasteiger partial charge in [-0.1, -0.05) is 46.3 Å². The third-order valence-electron chi connectivity index (χ3n) is 5.29. The van der Waals surface area contributed by atoms with Crippen LogP contribution in [0.5, 0.6) is 11.5 Å². The number of hydrogen-bond donors (Lipinski definition) is 1. The Kier molecular flexibility index (Phi) is 7.56. The molecule has 0 bridgehead atoms. The standard InChI is InChI=1S/C26H20BrIN2O5/c1-15-10-18(8-9-20(15)27)30-25(32)19(24(31)29-26(30)33)11-17-12-21(28)23(22(13-17)34-2)35-14-16-6-4-3-5-7-16/h3-13H,14H2,1-2H3,(H,29,31,33)/b19-11+. The lowest BCUT2D eigenvalue weighted by Crippen LogP contribution is -2.54. The summed E-state index contributed by atoms with van der Waals surface area (Å²) in [6, 6.07) is 17.5. The van der Waals surface area contributed by atoms with E-state index in [2.05, 4.69) is 43.8 Å². The van der Waals surface area contributed by atoms with Crippen LogP contribution in [-0.4, -0.2) is 25.0 Å². The molecule has 178 valence electrons. The molecule has 0 unspecified atom stereocenters. The minimum absolute atomic E-state index is 0.166. The third kappa shape index (κ3) is 5.40. The fourth-order valence-corrected chi connectivity index (χ4v) is 4.55. The van der Waals surface area contributed by atoms with Gasteiger partial charge in [0.15, 0.2) is 11.5 Å². The van der Waals surface area contributed by atoms with Gasteiger partial charge in [-0.3, -0.25) is 14.9 Å². The van der Waals surface area contributed by atoms with Gasteiger partial charge in [0.2, 0.25) is 0 Å². The molecular formula is C26H20BrIN2O5. The van der Waals surface area contributed by atoms with E-state index in [4.69, 9.17) is 9.47 Å². The third-order valence-corrected chi connectivity index (χ3v) is 6.98. The molecule has 1 aliphatic rings. The van der Waals surface area contributed by atoms with Gasteiger partial charge in [-0.25, -0.2) is 9.69 Å². The van der Waals surface area contributed by atoms with Crippen LogP contribution >= 0.6 is 38.5 Å². The molecule has 35 heavy (non-hydrogen) atoms. The van der Waals surface area contributed by atoms with Crippen LogP contribution in [0.4, 0.5) is 10.5 Å². The number of urea groups is 1. The first-order valence-electron chi connectivity index (χ1n) is 10.5. The van der Waals surface area contributed by atoms with E-state index < -0.39 is 17.8 Å². The monoisotopic (exact) mass is 646 g/mol. The lowest BCUT2D eigenvalue weighted by atomic mass is 10.1. The topological polar surface area (TPSA) is 84.9 Å². The number of hydrogen-bond acceptors (Lipinski definition) is 5. The Morgan fingerprint density at radius 1 is 1.06 bits per heavy atom. The zero-order chi connectivity index (χ0) is 25.1. The maximum Gasteiger partial charge on any atom is 0.335 e. The van der Waals surface area contributed by atoms with E-state index in [1.165, 1.54) is 13.2 Å². The van der Waals surface area contributed by atoms with Crippen molar-refractivity contribution in [3.8, 4) is 11.5 Å². The van der Waals surface area contributed by atoms with Crippen molar-refractivity contribution in [2.75, 3.05) is 12.0 Å². The Labute approximate surface area is 224 Å². The average Bonchev–Trinajstić information content (AvgIpc) is 2.83. The summed E-state index contributed by atoms with van der Waals surface area (Å²) < 4.78 is 13.1. The lowest BCUT2D eigenvalue weighted by Gasteiger charge is -2.26. The molecule has 1 heterocycles. The molecule has 7 nitrogen and oxygen atoms in total. The average molecular weight is 647 g/mol. The zero-order valence-electron chi connectivity index (χ0n) is 18.8. The lowest BCUT2D eigenvalue weighted by molar-refractivity contribution is -0.122. The molecule has 4 amide bonds. The minimum atomic E-state index is -0.796. The van der Waals surface area contributed by atoms with E-state index in [1.807, 2.05) is 37.3 Å². The summed E-state index contributed by atoms with van der Waals surface area (Å²) in [6.45, 7) is 2.20. The molecule has 1 fully saturated rings. The van der Waals surface area contributed by atoms with Crippen LogP contribution in [-0.2, 0) is 16.2 Å². The van der Waals surface area contributed by atoms with Crippen molar-refractivity contribution >= 4 is 68.1 Å². The highest BCUT2D eigenvalue weighted by atomic mass is 127. The van der Waals surface area contributed by atoms with E-state index in [-0.39, 0.29) is 5.57 Å². The number of carbonyl (C=O) groups excluding carboxylic acids is 3. The molecule has 0 spiro atoms. The number of aryl methyl sites for hydroxylation is 1. The Hall–Kier alpha value is -3.18. The van der Waals surface area contributed by atoms with Gasteiger partial charge in [0.1, 0.15) is 12.2 Å². The number of rotatable bonds is 6. The molecule has 1 saturated heterocycles. The molecule has 9 heteroatoms. The molecule has 3 aromatic rings. The minimum Gasteiger partial charge on any atom is -0.493 e. The molecule has 0 saturated carbocycles. The van der Waals surface area contributed by atoms with Crippen LogP contribution in [0.25, 0.3) is 6.08 Å². The van der Waals surface area contributed by atoms with Crippen LogP contribution < -0.4 is 19.7 Å². The van der Waals surface area contributed by atoms with Crippen molar-refractivity contribution in [3.63, 3.8) is 0 Å². The predicted molar refractivity (Wildman–Crippen MR) is 144 cm³/mol. The molecule has 0 aromatic heterocycles. The second kappa shape index (κ2) is 10.6. The largest absolute Gasteiger partial charge is 0.493 e. The van der Waals surface area contributed by atoms with Gasteiger partial charge in [-0.05, 0) is 82.6 Å². The summed E-state index contributed by atoms with van der Waals surface area (Å²) in [5, 5.41) is 2.25. The fraction of sp³-hybridized carbons (Fsp3) is 0.115. The van der Waals surface area contributed by atoms with E-state index in [9.17, 15) is 14.4 Å². The second-order valence-corrected chi connectivity index (χ2v) is 9.72. The molecule has 0 atom stereocenters. The first-order valence-corrected chi connectivity index (χ1v) is 12.4. The Morgan fingerprint density at radius 3 is 2.49 bits per heavy atom. The number of halogens is 2. The highest BCUT2D eigenvalue weighted by Gasteiger charge is 2.37. The van der Waals surface area contributed by atoms with Crippen LogP contribution in [0.1, 0.15) is 16.7 Å². The summed E-state index contributed by atoms with van der Waals surface area (Å²) in [6.07, 6.45) is 1.44. The summed E-state index contributed by atoms with van der Waals surface area (Å²) >= 11 is 5.52. The van der Waals surface area contributed by atoms with Crippen LogP contribution in [0.3, 0.4) is 0 Å². The van der Waals surface area contributed by atoms with Gasteiger partial charge in [-0.2, -0.15) is 0 Å². The van der Waals surface area contributed by atoms with Crippen molar-refractivity contribution in [2.45, 2.75) is 13.5 Å². The van der Waals surface area contributed by atoms with Crippen LogP contribution in [0, 0.1) is 10.5 Å². The van der Waals surface area contributed by atoms with Gasteiger partial charge in [0.25, 0.3) is 11.8 Å². The summed E-state index contributed by atoms with van der Waals surface area (Å²) in [7, 11) is 1.52. The number of methoxy groups -OCH3 is 1. The van der Waals surface area contributed by atoms with E-state index >= 15 is 0 Å². The number of anilines is 1. The fourth-order valence-electron chi connectivity index (χ4n) is 3.52. The van der Waals surface area contributed by atoms with Crippen molar-refractivity contribution in [2.24, 2.45) is 0 Å². The number of imide groups is 2. The summed E-state index contributed by atoms with van der Waals surface area (Å²) in [5.41, 5.74) is 2.60. The number of nitrogens with one attached hydrogen (secondary N) is 1. The van der Waals surface area contributed by atoms with Gasteiger partial charge in [0.05, 0.1) is 16.4 Å². The summed E-state index contributed by atoms with van der Waals surface area (Å²) in [4.78, 5) is 39.2. The van der Waals surface area contributed by atoms with Gasteiger partial charge >= 0.3 is 6.03 Å². The number of nitrogens with zero attached hydrogens (tertiary/aromatic N) is 1. The van der Waals surface area contributed by atoms with Crippen molar-refractivity contribution in [1.82, 2.24) is 5.32 Å². The summed E-state index contributed by atoms with van der Waals surface area (Å²) in [5.74, 6) is -0.456. The van der Waals surface area contributed by atoms with Crippen molar-refractivity contribution in [3.05, 3.63) is 91.0 Å². The maximum atomic E-state index is 13.2. The smallest absolute Gasteiger partial charge is 0.335 e.